The lowest BCUT2D eigenvalue weighted by molar-refractivity contribution is -0.274. The number of fused-ring (bicyclic) bond motifs is 2. The standard InChI is InChI=1S/C33H30F4N2O4S2/c1-32(15-18-3-4-19(11-18)16-32)22-8-5-20(6-9-22)23-10-7-21(12-27(23)43-33(35,36)37)30-38-29(17-44-30)45-39-26-14-25(34)24(31(40)41)13-28(26)42-2/h5-10,12-14,17-19,39H,3-4,11,15-16H2,1-2H3,(H,40,41). The lowest BCUT2D eigenvalue weighted by atomic mass is 9.66. The molecular formula is C33H30F4N2O4S2. The maximum absolute atomic E-state index is 14.2. The summed E-state index contributed by atoms with van der Waals surface area (Å²) < 4.78 is 67.4. The van der Waals surface area contributed by atoms with Crippen LogP contribution >= 0.6 is 23.3 Å². The van der Waals surface area contributed by atoms with Gasteiger partial charge >= 0.3 is 12.3 Å². The van der Waals surface area contributed by atoms with Crippen molar-refractivity contribution in [2.75, 3.05) is 11.8 Å². The van der Waals surface area contributed by atoms with E-state index >= 15 is 0 Å². The molecule has 2 fully saturated rings. The number of carboxylic acids is 1. The molecule has 2 aliphatic rings. The number of alkyl halides is 3. The van der Waals surface area contributed by atoms with Gasteiger partial charge in [-0.3, -0.25) is 0 Å². The van der Waals surface area contributed by atoms with Crippen molar-refractivity contribution < 1.29 is 36.9 Å². The molecule has 2 unspecified atom stereocenters. The molecule has 1 aromatic heterocycles. The van der Waals surface area contributed by atoms with Gasteiger partial charge < -0.3 is 19.3 Å². The van der Waals surface area contributed by atoms with Gasteiger partial charge in [-0.25, -0.2) is 14.2 Å². The van der Waals surface area contributed by atoms with Crippen LogP contribution in [0, 0.1) is 17.7 Å². The van der Waals surface area contributed by atoms with Crippen LogP contribution in [0.4, 0.5) is 23.2 Å². The zero-order valence-corrected chi connectivity index (χ0v) is 26.0. The first-order valence-corrected chi connectivity index (χ1v) is 16.1. The first kappa shape index (κ1) is 31.2. The SMILES string of the molecule is COc1cc(C(=O)O)c(F)cc1NSc1csc(-c2ccc(-c3ccc(C4(C)CC5CCC(C5)C4)cc3)c(OC(F)(F)F)c2)n1. The van der Waals surface area contributed by atoms with E-state index in [1.165, 1.54) is 49.3 Å². The molecule has 2 bridgehead atoms. The van der Waals surface area contributed by atoms with Crippen molar-refractivity contribution in [2.45, 2.75) is 55.8 Å². The van der Waals surface area contributed by atoms with Crippen molar-refractivity contribution in [1.82, 2.24) is 4.98 Å². The second-order valence-electron chi connectivity index (χ2n) is 11.9. The number of carboxylic acid groups (broad SMARTS) is 1. The van der Waals surface area contributed by atoms with Gasteiger partial charge in [-0.1, -0.05) is 50.1 Å². The zero-order valence-electron chi connectivity index (χ0n) is 24.4. The Morgan fingerprint density at radius 3 is 2.38 bits per heavy atom. The second kappa shape index (κ2) is 12.2. The number of hydrogen-bond donors (Lipinski definition) is 2. The molecule has 4 aromatic rings. The van der Waals surface area contributed by atoms with Crippen LogP contribution in [0.2, 0.25) is 0 Å². The van der Waals surface area contributed by atoms with Crippen molar-refractivity contribution in [3.05, 3.63) is 76.9 Å². The van der Waals surface area contributed by atoms with Crippen molar-refractivity contribution in [3.63, 3.8) is 0 Å². The third-order valence-electron chi connectivity index (χ3n) is 8.74. The Bertz CT molecular complexity index is 1710. The van der Waals surface area contributed by atoms with E-state index in [-0.39, 0.29) is 22.6 Å². The quantitative estimate of drug-likeness (QED) is 0.137. The smallest absolute Gasteiger partial charge is 0.495 e. The third kappa shape index (κ3) is 6.76. The Morgan fingerprint density at radius 2 is 1.73 bits per heavy atom. The number of hydrogen-bond acceptors (Lipinski definition) is 7. The fourth-order valence-electron chi connectivity index (χ4n) is 6.81. The highest BCUT2D eigenvalue weighted by atomic mass is 32.2. The summed E-state index contributed by atoms with van der Waals surface area (Å²) in [5, 5.41) is 11.7. The fourth-order valence-corrected chi connectivity index (χ4v) is 8.39. The second-order valence-corrected chi connectivity index (χ2v) is 13.6. The molecule has 0 aliphatic heterocycles. The van der Waals surface area contributed by atoms with Gasteiger partial charge in [0.1, 0.15) is 27.3 Å². The van der Waals surface area contributed by atoms with Gasteiger partial charge in [0.25, 0.3) is 0 Å². The molecule has 0 spiro atoms. The summed E-state index contributed by atoms with van der Waals surface area (Å²) in [7, 11) is 1.33. The van der Waals surface area contributed by atoms with Gasteiger partial charge in [-0.15, -0.1) is 24.5 Å². The number of nitrogens with zero attached hydrogens (tertiary/aromatic N) is 1. The van der Waals surface area contributed by atoms with Gasteiger partial charge in [0.15, 0.2) is 0 Å². The average molecular weight is 659 g/mol. The lowest BCUT2D eigenvalue weighted by Crippen LogP contribution is -2.30. The van der Waals surface area contributed by atoms with E-state index in [0.29, 0.717) is 26.7 Å². The summed E-state index contributed by atoms with van der Waals surface area (Å²) in [4.78, 5) is 15.7. The number of benzene rings is 3. The van der Waals surface area contributed by atoms with E-state index in [2.05, 4.69) is 21.4 Å². The average Bonchev–Trinajstić information content (AvgIpc) is 3.61. The highest BCUT2D eigenvalue weighted by Crippen LogP contribution is 2.52. The van der Waals surface area contributed by atoms with E-state index in [0.717, 1.165) is 48.8 Å². The topological polar surface area (TPSA) is 80.7 Å². The maximum Gasteiger partial charge on any atom is 0.573 e. The molecule has 236 valence electrons. The molecule has 2 N–H and O–H groups in total. The maximum atomic E-state index is 14.2. The molecule has 45 heavy (non-hydrogen) atoms. The summed E-state index contributed by atoms with van der Waals surface area (Å²) in [5.41, 5.74) is 2.35. The Balaban J connectivity index is 1.22. The van der Waals surface area contributed by atoms with E-state index in [1.807, 2.05) is 24.3 Å². The van der Waals surface area contributed by atoms with Crippen LogP contribution in [0.3, 0.4) is 0 Å². The molecule has 6 rings (SSSR count). The summed E-state index contributed by atoms with van der Waals surface area (Å²) in [5.74, 6) is -1.06. The Hall–Kier alpha value is -3.77. The number of methoxy groups -OCH3 is 1. The van der Waals surface area contributed by atoms with Crippen LogP contribution in [0.15, 0.2) is 65.0 Å². The number of halogens is 4. The molecule has 0 radical (unpaired) electrons. The lowest BCUT2D eigenvalue weighted by Gasteiger charge is -2.38. The number of rotatable bonds is 9. The predicted molar refractivity (Wildman–Crippen MR) is 166 cm³/mol. The largest absolute Gasteiger partial charge is 0.573 e. The molecule has 3 aromatic carbocycles. The summed E-state index contributed by atoms with van der Waals surface area (Å²) in [6.07, 6.45) is 1.28. The number of nitrogens with one attached hydrogen (secondary N) is 1. The Morgan fingerprint density at radius 1 is 1.04 bits per heavy atom. The van der Waals surface area contributed by atoms with Crippen molar-refractivity contribution in [3.8, 4) is 33.2 Å². The number of anilines is 1. The number of thiazole rings is 1. The van der Waals surface area contributed by atoms with Gasteiger partial charge in [0, 0.05) is 34.5 Å². The summed E-state index contributed by atoms with van der Waals surface area (Å²) in [6.45, 7) is 2.30. The number of aromatic nitrogens is 1. The minimum absolute atomic E-state index is 0.0778. The molecule has 0 saturated heterocycles. The summed E-state index contributed by atoms with van der Waals surface area (Å²) >= 11 is 2.23. The molecule has 2 saturated carbocycles. The van der Waals surface area contributed by atoms with Gasteiger partial charge in [-0.05, 0) is 65.8 Å². The Kier molecular flexibility index (Phi) is 8.47. The number of carbonyl (C=O) groups is 1. The van der Waals surface area contributed by atoms with Crippen LogP contribution in [0.1, 0.15) is 54.9 Å². The number of aromatic carboxylic acids is 1. The normalized spacial score (nSPS) is 21.0. The van der Waals surface area contributed by atoms with Crippen molar-refractivity contribution in [2.24, 2.45) is 11.8 Å². The van der Waals surface area contributed by atoms with Crippen LogP contribution in [0.5, 0.6) is 11.5 Å². The third-order valence-corrected chi connectivity index (χ3v) is 10.5. The molecule has 2 aliphatic carbocycles. The number of ether oxygens (including phenoxy) is 2. The highest BCUT2D eigenvalue weighted by Gasteiger charge is 2.42. The van der Waals surface area contributed by atoms with Gasteiger partial charge in [-0.2, -0.15) is 0 Å². The first-order valence-electron chi connectivity index (χ1n) is 14.4. The minimum atomic E-state index is -4.89. The molecular weight excluding hydrogens is 628 g/mol. The van der Waals surface area contributed by atoms with E-state index < -0.39 is 23.7 Å². The fraction of sp³-hybridized carbons (Fsp3) is 0.333. The van der Waals surface area contributed by atoms with E-state index in [9.17, 15) is 22.4 Å². The molecule has 12 heteroatoms. The molecule has 1 heterocycles. The van der Waals surface area contributed by atoms with Crippen molar-refractivity contribution >= 4 is 34.9 Å². The highest BCUT2D eigenvalue weighted by molar-refractivity contribution is 8.00. The summed E-state index contributed by atoms with van der Waals surface area (Å²) in [6, 6.07) is 14.6. The zero-order chi connectivity index (χ0) is 31.9. The minimum Gasteiger partial charge on any atom is -0.495 e. The molecule has 6 nitrogen and oxygen atoms in total. The van der Waals surface area contributed by atoms with E-state index in [4.69, 9.17) is 9.84 Å². The van der Waals surface area contributed by atoms with Gasteiger partial charge in [0.05, 0.1) is 18.4 Å². The van der Waals surface area contributed by atoms with Gasteiger partial charge in [0.2, 0.25) is 0 Å². The molecule has 0 amide bonds. The molecule has 2 atom stereocenters. The van der Waals surface area contributed by atoms with Crippen LogP contribution in [-0.2, 0) is 5.41 Å². The van der Waals surface area contributed by atoms with E-state index in [1.54, 1.807) is 17.5 Å². The van der Waals surface area contributed by atoms with Crippen LogP contribution in [0.25, 0.3) is 21.7 Å². The van der Waals surface area contributed by atoms with Crippen LogP contribution < -0.4 is 14.2 Å². The Labute approximate surface area is 265 Å². The first-order chi connectivity index (χ1) is 21.4. The monoisotopic (exact) mass is 658 g/mol. The van der Waals surface area contributed by atoms with Crippen molar-refractivity contribution in [1.29, 1.82) is 0 Å². The predicted octanol–water partition coefficient (Wildman–Crippen LogP) is 9.81. The van der Waals surface area contributed by atoms with Crippen LogP contribution in [-0.4, -0.2) is 29.5 Å².